The molecule has 0 bridgehead atoms. The molecule has 0 aliphatic carbocycles. The first-order valence-electron chi connectivity index (χ1n) is 13.8. The number of sulfonamides is 1. The van der Waals surface area contributed by atoms with Gasteiger partial charge in [-0.05, 0) is 80.3 Å². The number of aliphatic hydroxyl groups is 1. The number of rotatable bonds is 13. The molecule has 42 heavy (non-hydrogen) atoms. The minimum absolute atomic E-state index is 0.0145. The lowest BCUT2D eigenvalue weighted by atomic mass is 9.94. The Morgan fingerprint density at radius 3 is 2.05 bits per heavy atom. The topological polar surface area (TPSA) is 116 Å². The maximum Gasteiger partial charge on any atom is 0.253 e. The molecule has 2 amide bonds. The quantitative estimate of drug-likeness (QED) is 0.249. The van der Waals surface area contributed by atoms with E-state index >= 15 is 0 Å². The fraction of sp³-hybridized carbons (Fsp3) is 0.355. The van der Waals surface area contributed by atoms with Crippen molar-refractivity contribution in [3.05, 3.63) is 101 Å². The fourth-order valence-electron chi connectivity index (χ4n) is 4.73. The number of carbonyl (C=O) groups excluding carboxylic acids is 2. The summed E-state index contributed by atoms with van der Waals surface area (Å²) in [6, 6.07) is 14.5. The summed E-state index contributed by atoms with van der Waals surface area (Å²) in [6.45, 7) is 7.97. The maximum absolute atomic E-state index is 14.1. The van der Waals surface area contributed by atoms with Crippen LogP contribution in [-0.2, 0) is 16.4 Å². The molecule has 0 spiro atoms. The van der Waals surface area contributed by atoms with Gasteiger partial charge in [0.15, 0.2) is 0 Å². The molecule has 3 N–H and O–H groups in total. The smallest absolute Gasteiger partial charge is 0.253 e. The molecule has 0 saturated carbocycles. The van der Waals surface area contributed by atoms with Crippen LogP contribution >= 0.6 is 0 Å². The predicted octanol–water partition coefficient (Wildman–Crippen LogP) is 4.56. The van der Waals surface area contributed by atoms with Crippen molar-refractivity contribution in [2.24, 2.45) is 0 Å². The van der Waals surface area contributed by atoms with E-state index in [1.807, 2.05) is 13.8 Å². The summed E-state index contributed by atoms with van der Waals surface area (Å²) in [5.41, 5.74) is -1.23. The summed E-state index contributed by atoms with van der Waals surface area (Å²) in [5.74, 6) is -2.88. The summed E-state index contributed by atoms with van der Waals surface area (Å²) in [6.07, 6.45) is -0.578. The van der Waals surface area contributed by atoms with E-state index in [1.165, 1.54) is 43.3 Å². The van der Waals surface area contributed by atoms with Crippen molar-refractivity contribution in [2.75, 3.05) is 13.1 Å². The van der Waals surface area contributed by atoms with Crippen LogP contribution in [0.4, 0.5) is 8.78 Å². The number of benzene rings is 3. The number of hydrogen-bond acceptors (Lipinski definition) is 5. The lowest BCUT2D eigenvalue weighted by Gasteiger charge is -2.38. The van der Waals surface area contributed by atoms with E-state index in [0.717, 1.165) is 25.0 Å². The lowest BCUT2D eigenvalue weighted by Crippen LogP contribution is -2.67. The zero-order chi connectivity index (χ0) is 31.1. The van der Waals surface area contributed by atoms with Crippen LogP contribution in [0.25, 0.3) is 0 Å². The van der Waals surface area contributed by atoms with Crippen molar-refractivity contribution in [1.82, 2.24) is 14.9 Å². The van der Waals surface area contributed by atoms with E-state index in [1.54, 1.807) is 24.0 Å². The highest BCUT2D eigenvalue weighted by atomic mass is 32.2. The van der Waals surface area contributed by atoms with Gasteiger partial charge in [0.2, 0.25) is 10.0 Å². The molecule has 0 radical (unpaired) electrons. The largest absolute Gasteiger partial charge is 0.389 e. The van der Waals surface area contributed by atoms with Crippen LogP contribution in [0.5, 0.6) is 0 Å². The van der Waals surface area contributed by atoms with Gasteiger partial charge in [-0.15, -0.1) is 0 Å². The van der Waals surface area contributed by atoms with Gasteiger partial charge in [-0.1, -0.05) is 32.0 Å². The first-order chi connectivity index (χ1) is 19.8. The Labute approximate surface area is 245 Å². The number of aliphatic hydroxyl groups excluding tert-OH is 1. The van der Waals surface area contributed by atoms with Crippen LogP contribution in [0.15, 0.2) is 71.6 Å². The second-order valence-corrected chi connectivity index (χ2v) is 12.0. The number of amides is 2. The highest BCUT2D eigenvalue weighted by Gasteiger charge is 2.42. The van der Waals surface area contributed by atoms with Gasteiger partial charge in [-0.2, -0.15) is 4.72 Å². The van der Waals surface area contributed by atoms with E-state index in [-0.39, 0.29) is 27.5 Å². The Kier molecular flexibility index (Phi) is 10.9. The van der Waals surface area contributed by atoms with Gasteiger partial charge in [-0.3, -0.25) is 9.59 Å². The predicted molar refractivity (Wildman–Crippen MR) is 156 cm³/mol. The van der Waals surface area contributed by atoms with E-state index in [2.05, 4.69) is 10.0 Å². The zero-order valence-electron chi connectivity index (χ0n) is 24.2. The van der Waals surface area contributed by atoms with Crippen LogP contribution in [0, 0.1) is 18.6 Å². The molecule has 0 fully saturated rings. The van der Waals surface area contributed by atoms with Crippen molar-refractivity contribution in [3.63, 3.8) is 0 Å². The van der Waals surface area contributed by atoms with Crippen LogP contribution in [0.2, 0.25) is 0 Å². The van der Waals surface area contributed by atoms with Crippen molar-refractivity contribution >= 4 is 21.8 Å². The third-order valence-corrected chi connectivity index (χ3v) is 8.21. The monoisotopic (exact) mass is 601 g/mol. The van der Waals surface area contributed by atoms with Crippen molar-refractivity contribution in [2.45, 2.75) is 63.6 Å². The Morgan fingerprint density at radius 1 is 0.929 bits per heavy atom. The molecular weight excluding hydrogens is 564 g/mol. The molecule has 226 valence electrons. The molecule has 0 saturated heterocycles. The van der Waals surface area contributed by atoms with Crippen LogP contribution in [-0.4, -0.2) is 55.1 Å². The van der Waals surface area contributed by atoms with Gasteiger partial charge in [0, 0.05) is 36.7 Å². The highest BCUT2D eigenvalue weighted by Crippen LogP contribution is 2.23. The van der Waals surface area contributed by atoms with E-state index < -0.39 is 45.8 Å². The first kappa shape index (κ1) is 32.8. The second-order valence-electron chi connectivity index (χ2n) is 10.4. The number of aryl methyl sites for hydroxylation is 1. The Bertz CT molecular complexity index is 1490. The number of hydrogen-bond donors (Lipinski definition) is 3. The molecule has 0 aromatic heterocycles. The molecular formula is C31H37F2N3O5S. The van der Waals surface area contributed by atoms with Crippen molar-refractivity contribution in [1.29, 1.82) is 0 Å². The van der Waals surface area contributed by atoms with Gasteiger partial charge >= 0.3 is 0 Å². The summed E-state index contributed by atoms with van der Waals surface area (Å²) in [7, 11) is -4.36. The number of nitrogens with one attached hydrogen (secondary N) is 2. The second kappa shape index (κ2) is 14.0. The van der Waals surface area contributed by atoms with Gasteiger partial charge in [0.05, 0.1) is 11.0 Å². The standard InChI is InChI=1S/C31H37F2N3O5S/c1-5-12-36(13-6-2)30(39)25-15-21(3)14-24(18-25)29(38)34-31(22(4)37,20-23-16-26(32)19-27(33)17-23)35-42(40,41)28-10-8-7-9-11-28/h7-11,14-19,22,35,37H,5-6,12-13,20H2,1-4H3,(H,34,38). The van der Waals surface area contributed by atoms with Gasteiger partial charge < -0.3 is 15.3 Å². The van der Waals surface area contributed by atoms with Crippen LogP contribution in [0.1, 0.15) is 65.5 Å². The van der Waals surface area contributed by atoms with Gasteiger partial charge in [0.25, 0.3) is 11.8 Å². The SMILES string of the molecule is CCCN(CCC)C(=O)c1cc(C)cc(C(=O)NC(Cc2cc(F)cc(F)c2)(NS(=O)(=O)c2ccccc2)C(C)O)c1. The minimum Gasteiger partial charge on any atom is -0.389 e. The minimum atomic E-state index is -4.36. The Hall–Kier alpha value is -3.67. The lowest BCUT2D eigenvalue weighted by molar-refractivity contribution is 0.0534. The molecule has 11 heteroatoms. The number of halogens is 2. The molecule has 2 atom stereocenters. The molecule has 0 aliphatic rings. The first-order valence-corrected chi connectivity index (χ1v) is 15.2. The van der Waals surface area contributed by atoms with Gasteiger partial charge in [0.1, 0.15) is 17.3 Å². The third kappa shape index (κ3) is 8.21. The molecule has 8 nitrogen and oxygen atoms in total. The number of nitrogens with zero attached hydrogens (tertiary/aromatic N) is 1. The number of carbonyl (C=O) groups is 2. The highest BCUT2D eigenvalue weighted by molar-refractivity contribution is 7.89. The van der Waals surface area contributed by atoms with E-state index in [0.29, 0.717) is 24.7 Å². The van der Waals surface area contributed by atoms with E-state index in [9.17, 15) is 31.9 Å². The van der Waals surface area contributed by atoms with Gasteiger partial charge in [-0.25, -0.2) is 17.2 Å². The molecule has 3 aromatic rings. The summed E-state index contributed by atoms with van der Waals surface area (Å²) < 4.78 is 57.4. The van der Waals surface area contributed by atoms with Crippen molar-refractivity contribution < 1.29 is 31.9 Å². The molecule has 3 rings (SSSR count). The third-order valence-electron chi connectivity index (χ3n) is 6.69. The zero-order valence-corrected chi connectivity index (χ0v) is 25.0. The molecule has 0 aliphatic heterocycles. The van der Waals surface area contributed by atoms with Crippen LogP contribution in [0.3, 0.4) is 0 Å². The average Bonchev–Trinajstić information content (AvgIpc) is 2.91. The molecule has 0 heterocycles. The van der Waals surface area contributed by atoms with Crippen molar-refractivity contribution in [3.8, 4) is 0 Å². The fourth-order valence-corrected chi connectivity index (χ4v) is 6.13. The van der Waals surface area contributed by atoms with Crippen LogP contribution < -0.4 is 10.0 Å². The molecule has 2 unspecified atom stereocenters. The molecule has 3 aromatic carbocycles. The van der Waals surface area contributed by atoms with E-state index in [4.69, 9.17) is 0 Å². The summed E-state index contributed by atoms with van der Waals surface area (Å²) in [5, 5.41) is 13.6. The Morgan fingerprint density at radius 2 is 1.50 bits per heavy atom. The summed E-state index contributed by atoms with van der Waals surface area (Å²) >= 11 is 0. The Balaban J connectivity index is 2.08. The maximum atomic E-state index is 14.1. The average molecular weight is 602 g/mol. The summed E-state index contributed by atoms with van der Waals surface area (Å²) in [4.78, 5) is 28.6. The normalized spacial score (nSPS) is 13.7.